The lowest BCUT2D eigenvalue weighted by Gasteiger charge is -2.30. The van der Waals surface area contributed by atoms with Gasteiger partial charge in [-0.3, -0.25) is 0 Å². The molecule has 1 aromatic rings. The number of hydrogen-bond acceptors (Lipinski definition) is 1. The van der Waals surface area contributed by atoms with Crippen LogP contribution in [0, 0.1) is 0 Å². The lowest BCUT2D eigenvalue weighted by molar-refractivity contribution is 0.443. The zero-order valence-corrected chi connectivity index (χ0v) is 11.7. The summed E-state index contributed by atoms with van der Waals surface area (Å²) in [5, 5.41) is 2.16. The van der Waals surface area contributed by atoms with Crippen LogP contribution < -0.4 is 0 Å². The summed E-state index contributed by atoms with van der Waals surface area (Å²) < 4.78 is 0.380. The average molecular weight is 308 g/mol. The summed E-state index contributed by atoms with van der Waals surface area (Å²) in [7, 11) is 0. The SMILES string of the molecule is CC(C)(I)CC(C)(C)c1cccs1. The van der Waals surface area contributed by atoms with E-state index in [4.69, 9.17) is 0 Å². The maximum absolute atomic E-state index is 2.53. The van der Waals surface area contributed by atoms with E-state index in [-0.39, 0.29) is 0 Å². The second-order valence-electron chi connectivity index (χ2n) is 4.76. The Balaban J connectivity index is 2.78. The van der Waals surface area contributed by atoms with E-state index in [1.807, 2.05) is 11.3 Å². The first kappa shape index (κ1) is 11.5. The van der Waals surface area contributed by atoms with Crippen molar-refractivity contribution in [3.63, 3.8) is 0 Å². The molecule has 0 unspecified atom stereocenters. The summed E-state index contributed by atoms with van der Waals surface area (Å²) >= 11 is 4.40. The van der Waals surface area contributed by atoms with Crippen molar-refractivity contribution < 1.29 is 0 Å². The van der Waals surface area contributed by atoms with Crippen molar-refractivity contribution in [3.05, 3.63) is 22.4 Å². The van der Waals surface area contributed by atoms with Gasteiger partial charge in [-0.2, -0.15) is 0 Å². The minimum atomic E-state index is 0.318. The average Bonchev–Trinajstić information content (AvgIpc) is 2.29. The van der Waals surface area contributed by atoms with Gasteiger partial charge in [0.15, 0.2) is 0 Å². The highest BCUT2D eigenvalue weighted by Gasteiger charge is 2.28. The Bertz CT molecular complexity index is 254. The van der Waals surface area contributed by atoms with Crippen LogP contribution in [0.2, 0.25) is 0 Å². The Morgan fingerprint density at radius 1 is 1.31 bits per heavy atom. The number of alkyl halides is 1. The van der Waals surface area contributed by atoms with Crippen molar-refractivity contribution in [3.8, 4) is 0 Å². The normalized spacial score (nSPS) is 13.3. The highest BCUT2D eigenvalue weighted by molar-refractivity contribution is 14.1. The summed E-state index contributed by atoms with van der Waals surface area (Å²) in [4.78, 5) is 1.50. The van der Waals surface area contributed by atoms with E-state index >= 15 is 0 Å². The second kappa shape index (κ2) is 3.89. The zero-order chi connectivity index (χ0) is 10.1. The standard InChI is InChI=1S/C11H17IS/c1-10(2,8-11(3,4)12)9-6-5-7-13-9/h5-7H,8H2,1-4H3. The lowest BCUT2D eigenvalue weighted by Crippen LogP contribution is -2.25. The third-order valence-electron chi connectivity index (χ3n) is 2.05. The van der Waals surface area contributed by atoms with E-state index in [0.29, 0.717) is 8.84 Å². The van der Waals surface area contributed by atoms with E-state index in [0.717, 1.165) is 0 Å². The van der Waals surface area contributed by atoms with Gasteiger partial charge in [-0.05, 0) is 17.9 Å². The van der Waals surface area contributed by atoms with Crippen LogP contribution in [-0.2, 0) is 5.41 Å². The molecule has 1 aromatic heterocycles. The van der Waals surface area contributed by atoms with Crippen LogP contribution in [0.5, 0.6) is 0 Å². The summed E-state index contributed by atoms with van der Waals surface area (Å²) in [6.07, 6.45) is 1.22. The molecular formula is C11H17IS. The van der Waals surface area contributed by atoms with Gasteiger partial charge in [-0.1, -0.05) is 56.4 Å². The maximum atomic E-state index is 2.53. The Labute approximate surface area is 98.9 Å². The van der Waals surface area contributed by atoms with Crippen LogP contribution in [0.25, 0.3) is 0 Å². The van der Waals surface area contributed by atoms with Crippen LogP contribution >= 0.6 is 33.9 Å². The van der Waals surface area contributed by atoms with Crippen molar-refractivity contribution in [1.82, 2.24) is 0 Å². The van der Waals surface area contributed by atoms with Gasteiger partial charge in [0.25, 0.3) is 0 Å². The molecule has 0 N–H and O–H groups in total. The third kappa shape index (κ3) is 3.58. The van der Waals surface area contributed by atoms with Crippen molar-refractivity contribution >= 4 is 33.9 Å². The molecule has 13 heavy (non-hydrogen) atoms. The van der Waals surface area contributed by atoms with Gasteiger partial charge in [0, 0.05) is 13.7 Å². The Morgan fingerprint density at radius 3 is 2.31 bits per heavy atom. The van der Waals surface area contributed by atoms with E-state index in [1.54, 1.807) is 0 Å². The van der Waals surface area contributed by atoms with E-state index in [9.17, 15) is 0 Å². The summed E-state index contributed by atoms with van der Waals surface area (Å²) in [6, 6.07) is 4.38. The molecule has 0 spiro atoms. The van der Waals surface area contributed by atoms with Crippen molar-refractivity contribution in [1.29, 1.82) is 0 Å². The smallest absolute Gasteiger partial charge is 0.0174 e. The fourth-order valence-corrected chi connectivity index (χ4v) is 3.61. The van der Waals surface area contributed by atoms with Gasteiger partial charge < -0.3 is 0 Å². The zero-order valence-electron chi connectivity index (χ0n) is 8.73. The molecule has 0 bridgehead atoms. The molecule has 74 valence electrons. The molecule has 0 saturated carbocycles. The fourth-order valence-electron chi connectivity index (χ4n) is 1.80. The quantitative estimate of drug-likeness (QED) is 0.564. The molecule has 1 rings (SSSR count). The predicted octanol–water partition coefficient (Wildman–Crippen LogP) is 4.63. The van der Waals surface area contributed by atoms with Gasteiger partial charge in [0.05, 0.1) is 0 Å². The minimum absolute atomic E-state index is 0.318. The number of thiophene rings is 1. The molecule has 0 aliphatic carbocycles. The van der Waals surface area contributed by atoms with Gasteiger partial charge in [-0.15, -0.1) is 11.3 Å². The second-order valence-corrected chi connectivity index (χ2v) is 8.62. The van der Waals surface area contributed by atoms with Crippen LogP contribution in [0.3, 0.4) is 0 Å². The summed E-state index contributed by atoms with van der Waals surface area (Å²) in [5.74, 6) is 0. The number of halogens is 1. The third-order valence-corrected chi connectivity index (χ3v) is 3.67. The largest absolute Gasteiger partial charge is 0.148 e. The Hall–Kier alpha value is 0.430. The van der Waals surface area contributed by atoms with Gasteiger partial charge >= 0.3 is 0 Å². The molecule has 0 atom stereocenters. The van der Waals surface area contributed by atoms with E-state index in [1.165, 1.54) is 11.3 Å². The van der Waals surface area contributed by atoms with Crippen molar-refractivity contribution in [2.45, 2.75) is 43.0 Å². The van der Waals surface area contributed by atoms with Crippen molar-refractivity contribution in [2.24, 2.45) is 0 Å². The molecule has 0 radical (unpaired) electrons. The summed E-state index contributed by atoms with van der Waals surface area (Å²) in [6.45, 7) is 9.25. The monoisotopic (exact) mass is 308 g/mol. The van der Waals surface area contributed by atoms with Gasteiger partial charge in [0.2, 0.25) is 0 Å². The van der Waals surface area contributed by atoms with Gasteiger partial charge in [0.1, 0.15) is 0 Å². The van der Waals surface area contributed by atoms with Crippen LogP contribution in [0.4, 0.5) is 0 Å². The molecule has 0 amide bonds. The first-order chi connectivity index (χ1) is 5.81. The molecule has 2 heteroatoms. The highest BCUT2D eigenvalue weighted by Crippen LogP contribution is 2.38. The topological polar surface area (TPSA) is 0 Å². The maximum Gasteiger partial charge on any atom is 0.0174 e. The van der Waals surface area contributed by atoms with Crippen LogP contribution in [0.15, 0.2) is 17.5 Å². The molecule has 0 aliphatic heterocycles. The molecule has 1 heterocycles. The number of rotatable bonds is 3. The van der Waals surface area contributed by atoms with Crippen LogP contribution in [0.1, 0.15) is 39.0 Å². The fraction of sp³-hybridized carbons (Fsp3) is 0.636. The minimum Gasteiger partial charge on any atom is -0.148 e. The molecule has 0 nitrogen and oxygen atoms in total. The first-order valence-electron chi connectivity index (χ1n) is 4.54. The summed E-state index contributed by atoms with van der Waals surface area (Å²) in [5.41, 5.74) is 0.318. The molecular weight excluding hydrogens is 291 g/mol. The molecule has 0 aliphatic rings. The van der Waals surface area contributed by atoms with E-state index in [2.05, 4.69) is 67.8 Å². The Morgan fingerprint density at radius 2 is 1.92 bits per heavy atom. The van der Waals surface area contributed by atoms with Gasteiger partial charge in [-0.25, -0.2) is 0 Å². The van der Waals surface area contributed by atoms with Crippen LogP contribution in [-0.4, -0.2) is 3.42 Å². The predicted molar refractivity (Wildman–Crippen MR) is 70.1 cm³/mol. The highest BCUT2D eigenvalue weighted by atomic mass is 127. The molecule has 0 saturated heterocycles. The lowest BCUT2D eigenvalue weighted by atomic mass is 9.83. The van der Waals surface area contributed by atoms with E-state index < -0.39 is 0 Å². The Kier molecular flexibility index (Phi) is 3.44. The number of hydrogen-bond donors (Lipinski definition) is 0. The van der Waals surface area contributed by atoms with Crippen molar-refractivity contribution in [2.75, 3.05) is 0 Å². The molecule has 0 fully saturated rings. The molecule has 0 aromatic carbocycles. The first-order valence-corrected chi connectivity index (χ1v) is 6.50.